The predicted octanol–water partition coefficient (Wildman–Crippen LogP) is 3.57. The van der Waals surface area contributed by atoms with Crippen molar-refractivity contribution in [1.82, 2.24) is 10.2 Å². The van der Waals surface area contributed by atoms with Gasteiger partial charge in [0.2, 0.25) is 5.91 Å². The van der Waals surface area contributed by atoms with Crippen molar-refractivity contribution >= 4 is 23.5 Å². The maximum absolute atomic E-state index is 12.6. The molecule has 0 atom stereocenters. The van der Waals surface area contributed by atoms with E-state index in [0.29, 0.717) is 6.42 Å². The standard InChI is InChI=1S/C21H29N3O3/c1-20(2,3)15-8-10-16(11-9-15)22-17(25)7-6-14-24-18(26)21(23-19(24)27)12-4-5-13-21/h8-11H,4-7,12-14H2,1-3H3,(H,22,25)(H,23,27). The number of nitrogens with zero attached hydrogens (tertiary/aromatic N) is 1. The van der Waals surface area contributed by atoms with Crippen molar-refractivity contribution < 1.29 is 14.4 Å². The first kappa shape index (κ1) is 19.4. The van der Waals surface area contributed by atoms with E-state index in [1.165, 1.54) is 10.5 Å². The number of imide groups is 1. The van der Waals surface area contributed by atoms with Crippen LogP contribution >= 0.6 is 0 Å². The molecule has 146 valence electrons. The Hall–Kier alpha value is -2.37. The third-order valence-electron chi connectivity index (χ3n) is 5.52. The molecule has 1 aliphatic heterocycles. The van der Waals surface area contributed by atoms with Crippen molar-refractivity contribution in [1.29, 1.82) is 0 Å². The minimum Gasteiger partial charge on any atom is -0.326 e. The lowest BCUT2D eigenvalue weighted by molar-refractivity contribution is -0.131. The van der Waals surface area contributed by atoms with Crippen molar-refractivity contribution in [2.24, 2.45) is 0 Å². The largest absolute Gasteiger partial charge is 0.326 e. The fourth-order valence-electron chi connectivity index (χ4n) is 3.87. The normalized spacial score (nSPS) is 18.9. The Kier molecular flexibility index (Phi) is 5.27. The number of anilines is 1. The fraction of sp³-hybridized carbons (Fsp3) is 0.571. The molecular formula is C21H29N3O3. The second kappa shape index (κ2) is 7.33. The van der Waals surface area contributed by atoms with Crippen LogP contribution in [0, 0.1) is 0 Å². The number of benzene rings is 1. The third-order valence-corrected chi connectivity index (χ3v) is 5.52. The van der Waals surface area contributed by atoms with Crippen LogP contribution in [0.4, 0.5) is 10.5 Å². The lowest BCUT2D eigenvalue weighted by atomic mass is 9.87. The highest BCUT2D eigenvalue weighted by atomic mass is 16.2. The van der Waals surface area contributed by atoms with Crippen LogP contribution in [0.3, 0.4) is 0 Å². The first-order chi connectivity index (χ1) is 12.7. The Labute approximate surface area is 160 Å². The second-order valence-corrected chi connectivity index (χ2v) is 8.66. The number of nitrogens with one attached hydrogen (secondary N) is 2. The van der Waals surface area contributed by atoms with E-state index in [1.54, 1.807) is 0 Å². The van der Waals surface area contributed by atoms with Gasteiger partial charge in [-0.25, -0.2) is 4.79 Å². The highest BCUT2D eigenvalue weighted by Crippen LogP contribution is 2.35. The molecule has 1 spiro atoms. The van der Waals surface area contributed by atoms with Gasteiger partial charge in [-0.05, 0) is 42.4 Å². The van der Waals surface area contributed by atoms with E-state index in [-0.39, 0.29) is 36.2 Å². The molecule has 1 aliphatic carbocycles. The van der Waals surface area contributed by atoms with Crippen LogP contribution in [0.15, 0.2) is 24.3 Å². The molecule has 0 unspecified atom stereocenters. The number of hydrogen-bond acceptors (Lipinski definition) is 3. The van der Waals surface area contributed by atoms with Gasteiger partial charge in [-0.3, -0.25) is 14.5 Å². The molecule has 2 N–H and O–H groups in total. The zero-order chi connectivity index (χ0) is 19.7. The number of carbonyl (C=O) groups excluding carboxylic acids is 3. The number of rotatable bonds is 5. The van der Waals surface area contributed by atoms with Gasteiger partial charge in [0.1, 0.15) is 5.54 Å². The number of hydrogen-bond donors (Lipinski definition) is 2. The van der Waals surface area contributed by atoms with Crippen molar-refractivity contribution in [3.05, 3.63) is 29.8 Å². The Morgan fingerprint density at radius 1 is 1.15 bits per heavy atom. The SMILES string of the molecule is CC(C)(C)c1ccc(NC(=O)CCCN2C(=O)NC3(CCCC3)C2=O)cc1. The molecule has 0 radical (unpaired) electrons. The van der Waals surface area contributed by atoms with E-state index in [0.717, 1.165) is 31.4 Å². The smallest absolute Gasteiger partial charge is 0.325 e. The summed E-state index contributed by atoms with van der Waals surface area (Å²) in [6.07, 6.45) is 4.11. The second-order valence-electron chi connectivity index (χ2n) is 8.66. The highest BCUT2D eigenvalue weighted by molar-refractivity contribution is 6.07. The average molecular weight is 371 g/mol. The summed E-state index contributed by atoms with van der Waals surface area (Å²) in [5.41, 5.74) is 1.36. The number of amides is 4. The van der Waals surface area contributed by atoms with Gasteiger partial charge in [-0.2, -0.15) is 0 Å². The predicted molar refractivity (Wildman–Crippen MR) is 104 cm³/mol. The van der Waals surface area contributed by atoms with Crippen LogP contribution in [-0.2, 0) is 15.0 Å². The minimum absolute atomic E-state index is 0.0715. The van der Waals surface area contributed by atoms with Crippen LogP contribution in [0.5, 0.6) is 0 Å². The van der Waals surface area contributed by atoms with Crippen LogP contribution in [0.1, 0.15) is 64.9 Å². The Morgan fingerprint density at radius 3 is 2.37 bits per heavy atom. The summed E-state index contributed by atoms with van der Waals surface area (Å²) < 4.78 is 0. The lowest BCUT2D eigenvalue weighted by Gasteiger charge is -2.20. The maximum Gasteiger partial charge on any atom is 0.325 e. The quantitative estimate of drug-likeness (QED) is 0.777. The Bertz CT molecular complexity index is 728. The third kappa shape index (κ3) is 4.15. The molecule has 1 saturated heterocycles. The summed E-state index contributed by atoms with van der Waals surface area (Å²) in [4.78, 5) is 38.1. The van der Waals surface area contributed by atoms with Gasteiger partial charge in [0.05, 0.1) is 0 Å². The number of urea groups is 1. The van der Waals surface area contributed by atoms with E-state index >= 15 is 0 Å². The summed E-state index contributed by atoms with van der Waals surface area (Å²) in [7, 11) is 0. The molecule has 27 heavy (non-hydrogen) atoms. The molecule has 3 rings (SSSR count). The minimum atomic E-state index is -0.672. The van der Waals surface area contributed by atoms with E-state index in [1.807, 2.05) is 24.3 Å². The molecule has 4 amide bonds. The first-order valence-electron chi connectivity index (χ1n) is 9.76. The monoisotopic (exact) mass is 371 g/mol. The zero-order valence-corrected chi connectivity index (χ0v) is 16.4. The molecule has 6 nitrogen and oxygen atoms in total. The zero-order valence-electron chi connectivity index (χ0n) is 16.4. The molecule has 6 heteroatoms. The van der Waals surface area contributed by atoms with Crippen LogP contribution in [-0.4, -0.2) is 34.8 Å². The molecule has 1 heterocycles. The van der Waals surface area contributed by atoms with Crippen molar-refractivity contribution in [2.45, 2.75) is 70.3 Å². The molecular weight excluding hydrogens is 342 g/mol. The molecule has 1 aromatic rings. The van der Waals surface area contributed by atoms with Gasteiger partial charge in [0.15, 0.2) is 0 Å². The van der Waals surface area contributed by atoms with Crippen molar-refractivity contribution in [2.75, 3.05) is 11.9 Å². The van der Waals surface area contributed by atoms with Crippen LogP contribution in [0.25, 0.3) is 0 Å². The van der Waals surface area contributed by atoms with Gasteiger partial charge in [-0.15, -0.1) is 0 Å². The van der Waals surface area contributed by atoms with Gasteiger partial charge in [-0.1, -0.05) is 45.7 Å². The summed E-state index contributed by atoms with van der Waals surface area (Å²) in [5.74, 6) is -0.232. The van der Waals surface area contributed by atoms with Gasteiger partial charge in [0.25, 0.3) is 5.91 Å². The fourth-order valence-corrected chi connectivity index (χ4v) is 3.87. The van der Waals surface area contributed by atoms with Crippen molar-refractivity contribution in [3.8, 4) is 0 Å². The van der Waals surface area contributed by atoms with E-state index in [4.69, 9.17) is 0 Å². The summed E-state index contributed by atoms with van der Waals surface area (Å²) in [6, 6.07) is 7.52. The van der Waals surface area contributed by atoms with E-state index in [2.05, 4.69) is 31.4 Å². The number of carbonyl (C=O) groups is 3. The average Bonchev–Trinajstić information content (AvgIpc) is 3.15. The Balaban J connectivity index is 1.47. The van der Waals surface area contributed by atoms with Gasteiger partial charge < -0.3 is 10.6 Å². The van der Waals surface area contributed by atoms with Crippen molar-refractivity contribution in [3.63, 3.8) is 0 Å². The molecule has 2 aliphatic rings. The van der Waals surface area contributed by atoms with E-state index < -0.39 is 5.54 Å². The summed E-state index contributed by atoms with van der Waals surface area (Å²) in [6.45, 7) is 6.72. The highest BCUT2D eigenvalue weighted by Gasteiger charge is 2.51. The molecule has 0 aromatic heterocycles. The van der Waals surface area contributed by atoms with Gasteiger partial charge >= 0.3 is 6.03 Å². The van der Waals surface area contributed by atoms with E-state index in [9.17, 15) is 14.4 Å². The lowest BCUT2D eigenvalue weighted by Crippen LogP contribution is -2.44. The maximum atomic E-state index is 12.6. The molecule has 1 saturated carbocycles. The summed E-state index contributed by atoms with van der Waals surface area (Å²) >= 11 is 0. The van der Waals surface area contributed by atoms with Crippen LogP contribution in [0.2, 0.25) is 0 Å². The summed E-state index contributed by atoms with van der Waals surface area (Å²) in [5, 5.41) is 5.74. The Morgan fingerprint density at radius 2 is 1.78 bits per heavy atom. The van der Waals surface area contributed by atoms with Gasteiger partial charge in [0, 0.05) is 18.7 Å². The molecule has 1 aromatic carbocycles. The molecule has 0 bridgehead atoms. The van der Waals surface area contributed by atoms with Crippen LogP contribution < -0.4 is 10.6 Å². The molecule has 2 fully saturated rings. The first-order valence-corrected chi connectivity index (χ1v) is 9.76. The topological polar surface area (TPSA) is 78.5 Å².